The molecule has 40 heavy (non-hydrogen) atoms. The Hall–Kier alpha value is -4.98. The highest BCUT2D eigenvalue weighted by molar-refractivity contribution is 6.00. The summed E-state index contributed by atoms with van der Waals surface area (Å²) in [6, 6.07) is 9.83. The van der Waals surface area contributed by atoms with Crippen LogP contribution < -0.4 is 10.6 Å². The van der Waals surface area contributed by atoms with E-state index in [1.165, 1.54) is 6.07 Å². The summed E-state index contributed by atoms with van der Waals surface area (Å²) in [5, 5.41) is 14.4. The number of carbonyl (C=O) groups is 1. The van der Waals surface area contributed by atoms with E-state index < -0.39 is 11.6 Å². The SMILES string of the molecule is [C-]#[N+]c1c(-c2c[nH]c3ncc(F)cc23)nc(NC2CCCC(NC(=O)C3=CCN=N3)C2)c(F)c1-c1ccccc1. The maximum absolute atomic E-state index is 16.2. The minimum Gasteiger partial charge on any atom is -0.365 e. The molecule has 0 radical (unpaired) electrons. The number of halogens is 2. The summed E-state index contributed by atoms with van der Waals surface area (Å²) in [5.41, 5.74) is 2.05. The minimum atomic E-state index is -0.646. The third-order valence-corrected chi connectivity index (χ3v) is 7.17. The Morgan fingerprint density at radius 2 is 1.98 bits per heavy atom. The number of hydrogen-bond acceptors (Lipinski definition) is 6. The van der Waals surface area contributed by atoms with Gasteiger partial charge in [0.25, 0.3) is 5.91 Å². The van der Waals surface area contributed by atoms with E-state index in [0.717, 1.165) is 25.5 Å². The number of rotatable bonds is 6. The zero-order valence-electron chi connectivity index (χ0n) is 21.3. The van der Waals surface area contributed by atoms with Crippen LogP contribution in [0.15, 0.2) is 70.8 Å². The summed E-state index contributed by atoms with van der Waals surface area (Å²) < 4.78 is 30.4. The number of H-pyrrole nitrogens is 1. The first-order valence-corrected chi connectivity index (χ1v) is 13.0. The molecular weight excluding hydrogens is 514 g/mol. The molecule has 2 atom stereocenters. The van der Waals surface area contributed by atoms with Gasteiger partial charge in [0, 0.05) is 34.8 Å². The van der Waals surface area contributed by atoms with E-state index in [9.17, 15) is 9.18 Å². The molecule has 6 rings (SSSR count). The molecule has 2 unspecified atom stereocenters. The van der Waals surface area contributed by atoms with Crippen LogP contribution in [0.5, 0.6) is 0 Å². The van der Waals surface area contributed by atoms with Gasteiger partial charge in [0.15, 0.2) is 11.6 Å². The second-order valence-corrected chi connectivity index (χ2v) is 9.77. The third kappa shape index (κ3) is 4.80. The first-order chi connectivity index (χ1) is 19.5. The first kappa shape index (κ1) is 25.3. The van der Waals surface area contributed by atoms with Crippen LogP contribution in [0.25, 0.3) is 38.3 Å². The Bertz CT molecular complexity index is 1710. The lowest BCUT2D eigenvalue weighted by molar-refractivity contribution is -0.118. The van der Waals surface area contributed by atoms with Gasteiger partial charge >= 0.3 is 0 Å². The third-order valence-electron chi connectivity index (χ3n) is 7.17. The van der Waals surface area contributed by atoms with Crippen molar-refractivity contribution >= 4 is 28.4 Å². The molecule has 2 aliphatic rings. The first-order valence-electron chi connectivity index (χ1n) is 13.0. The van der Waals surface area contributed by atoms with Crippen molar-refractivity contribution in [2.45, 2.75) is 37.8 Å². The van der Waals surface area contributed by atoms with Crippen molar-refractivity contribution in [2.24, 2.45) is 10.2 Å². The Balaban J connectivity index is 1.39. The maximum Gasteiger partial charge on any atom is 0.271 e. The van der Waals surface area contributed by atoms with Gasteiger partial charge in [0.2, 0.25) is 5.69 Å². The number of nitrogens with zero attached hydrogens (tertiary/aromatic N) is 5. The van der Waals surface area contributed by atoms with Crippen LogP contribution in [-0.4, -0.2) is 39.5 Å². The molecule has 1 aliphatic heterocycles. The summed E-state index contributed by atoms with van der Waals surface area (Å²) in [6.07, 6.45) is 7.28. The van der Waals surface area contributed by atoms with Crippen molar-refractivity contribution in [2.75, 3.05) is 11.9 Å². The van der Waals surface area contributed by atoms with Crippen LogP contribution in [0.1, 0.15) is 25.7 Å². The van der Waals surface area contributed by atoms with Crippen LogP contribution in [0, 0.1) is 18.2 Å². The van der Waals surface area contributed by atoms with E-state index in [4.69, 9.17) is 6.57 Å². The average molecular weight is 539 g/mol. The number of amides is 1. The normalized spacial score (nSPS) is 18.4. The highest BCUT2D eigenvalue weighted by Crippen LogP contribution is 2.44. The number of fused-ring (bicyclic) bond motifs is 1. The van der Waals surface area contributed by atoms with Crippen molar-refractivity contribution < 1.29 is 13.6 Å². The summed E-state index contributed by atoms with van der Waals surface area (Å²) in [4.78, 5) is 27.9. The molecule has 200 valence electrons. The summed E-state index contributed by atoms with van der Waals surface area (Å²) in [7, 11) is 0. The quantitative estimate of drug-likeness (QED) is 0.250. The number of hydrogen-bond donors (Lipinski definition) is 3. The molecule has 3 aromatic heterocycles. The molecule has 4 heterocycles. The Morgan fingerprint density at radius 3 is 2.75 bits per heavy atom. The fourth-order valence-corrected chi connectivity index (χ4v) is 5.32. The van der Waals surface area contributed by atoms with Gasteiger partial charge in [-0.2, -0.15) is 10.2 Å². The van der Waals surface area contributed by atoms with Gasteiger partial charge in [-0.25, -0.2) is 23.6 Å². The molecule has 3 N–H and O–H groups in total. The Kier molecular flexibility index (Phi) is 6.74. The van der Waals surface area contributed by atoms with Crippen molar-refractivity contribution in [3.8, 4) is 22.4 Å². The minimum absolute atomic E-state index is 0.00996. The molecule has 1 fully saturated rings. The fraction of sp³-hybridized carbons (Fsp3) is 0.241. The van der Waals surface area contributed by atoms with E-state index in [-0.39, 0.29) is 40.8 Å². The van der Waals surface area contributed by atoms with E-state index in [1.54, 1.807) is 36.5 Å². The molecule has 1 saturated carbocycles. The number of aromatic amines is 1. The molecule has 1 aromatic carbocycles. The summed E-state index contributed by atoms with van der Waals surface area (Å²) in [5.74, 6) is -1.46. The molecule has 9 nitrogen and oxygen atoms in total. The molecule has 0 spiro atoms. The lowest BCUT2D eigenvalue weighted by Gasteiger charge is -2.31. The van der Waals surface area contributed by atoms with Crippen LogP contribution in [0.2, 0.25) is 0 Å². The smallest absolute Gasteiger partial charge is 0.271 e. The van der Waals surface area contributed by atoms with Crippen molar-refractivity contribution in [3.05, 3.63) is 83.6 Å². The van der Waals surface area contributed by atoms with Crippen molar-refractivity contribution in [3.63, 3.8) is 0 Å². The van der Waals surface area contributed by atoms with Crippen LogP contribution >= 0.6 is 0 Å². The second kappa shape index (κ2) is 10.6. The number of aromatic nitrogens is 3. The summed E-state index contributed by atoms with van der Waals surface area (Å²) in [6.45, 7) is 8.35. The van der Waals surface area contributed by atoms with E-state index >= 15 is 4.39 Å². The zero-order valence-corrected chi connectivity index (χ0v) is 21.3. The van der Waals surface area contributed by atoms with Crippen LogP contribution in [0.3, 0.4) is 0 Å². The van der Waals surface area contributed by atoms with Crippen molar-refractivity contribution in [1.29, 1.82) is 0 Å². The van der Waals surface area contributed by atoms with Crippen LogP contribution in [0.4, 0.5) is 20.3 Å². The Labute approximate surface area is 228 Å². The maximum atomic E-state index is 16.2. The second-order valence-electron chi connectivity index (χ2n) is 9.77. The predicted molar refractivity (Wildman–Crippen MR) is 147 cm³/mol. The Morgan fingerprint density at radius 1 is 1.15 bits per heavy atom. The highest BCUT2D eigenvalue weighted by atomic mass is 19.1. The average Bonchev–Trinajstić information content (AvgIpc) is 3.65. The molecular formula is C29H24F2N8O. The predicted octanol–water partition coefficient (Wildman–Crippen LogP) is 6.31. The van der Waals surface area contributed by atoms with E-state index in [0.29, 0.717) is 40.8 Å². The van der Waals surface area contributed by atoms with Gasteiger partial charge in [-0.3, -0.25) is 4.79 Å². The van der Waals surface area contributed by atoms with Gasteiger partial charge in [-0.15, -0.1) is 0 Å². The number of azo groups is 1. The molecule has 0 saturated heterocycles. The number of benzene rings is 1. The standard InChI is InChI=1S/C29H24F2N8O/c1-32-26-23(16-6-3-2-4-7-16)24(31)28(38-25(26)21-15-34-27-20(21)12-17(30)14-33-27)36-18-8-5-9-19(13-18)37-29(40)22-10-11-35-39-22/h2-4,6-7,10,12,14-15,18-19H,5,8-9,11,13H2,(H,33,34)(H,36,38)(H,37,40). The molecule has 11 heteroatoms. The summed E-state index contributed by atoms with van der Waals surface area (Å²) >= 11 is 0. The number of anilines is 1. The number of nitrogens with one attached hydrogen (secondary N) is 3. The number of pyridine rings is 2. The monoisotopic (exact) mass is 538 g/mol. The number of carbonyl (C=O) groups excluding carboxylic acids is 1. The van der Waals surface area contributed by atoms with Gasteiger partial charge in [-0.05, 0) is 43.4 Å². The van der Waals surface area contributed by atoms with Gasteiger partial charge in [0.1, 0.15) is 17.2 Å². The van der Waals surface area contributed by atoms with Crippen molar-refractivity contribution in [1.82, 2.24) is 20.3 Å². The zero-order chi connectivity index (χ0) is 27.6. The largest absolute Gasteiger partial charge is 0.365 e. The van der Waals surface area contributed by atoms with E-state index in [2.05, 4.69) is 40.7 Å². The van der Waals surface area contributed by atoms with Gasteiger partial charge in [0.05, 0.1) is 25.0 Å². The lowest BCUT2D eigenvalue weighted by Crippen LogP contribution is -2.42. The molecule has 1 amide bonds. The van der Waals surface area contributed by atoms with E-state index in [1.807, 2.05) is 6.07 Å². The van der Waals surface area contributed by atoms with Gasteiger partial charge in [-0.1, -0.05) is 30.3 Å². The van der Waals surface area contributed by atoms with Crippen LogP contribution in [-0.2, 0) is 4.79 Å². The lowest BCUT2D eigenvalue weighted by atomic mass is 9.90. The highest BCUT2D eigenvalue weighted by Gasteiger charge is 2.29. The molecule has 1 aliphatic carbocycles. The van der Waals surface area contributed by atoms with Gasteiger partial charge < -0.3 is 15.6 Å². The fourth-order valence-electron chi connectivity index (χ4n) is 5.32. The molecule has 0 bridgehead atoms. The molecule has 4 aromatic rings. The topological polar surface area (TPSA) is 112 Å².